The molecule has 1 N–H and O–H groups in total. The first kappa shape index (κ1) is 15.1. The second kappa shape index (κ2) is 5.79. The van der Waals surface area contributed by atoms with Crippen LogP contribution in [0.4, 0.5) is 13.6 Å². The highest BCUT2D eigenvalue weighted by atomic mass is 19.3. The van der Waals surface area contributed by atoms with Gasteiger partial charge in [0.2, 0.25) is 0 Å². The molecular weight excluding hydrogens is 292 g/mol. The summed E-state index contributed by atoms with van der Waals surface area (Å²) in [4.78, 5) is 17.8. The molecule has 3 rings (SSSR count). The number of carbonyl (C=O) groups is 1. The molecule has 2 atom stereocenters. The van der Waals surface area contributed by atoms with Crippen molar-refractivity contribution >= 4 is 6.03 Å². The van der Waals surface area contributed by atoms with Crippen LogP contribution < -0.4 is 5.32 Å². The molecule has 1 saturated carbocycles. The lowest BCUT2D eigenvalue weighted by Crippen LogP contribution is -2.51. The van der Waals surface area contributed by atoms with Crippen molar-refractivity contribution in [1.29, 1.82) is 0 Å². The van der Waals surface area contributed by atoms with Crippen LogP contribution in [0.3, 0.4) is 0 Å². The molecule has 0 aromatic carbocycles. The Hall–Kier alpha value is -1.76. The van der Waals surface area contributed by atoms with Gasteiger partial charge in [-0.05, 0) is 36.5 Å². The molecule has 1 saturated heterocycles. The second-order valence-corrected chi connectivity index (χ2v) is 5.95. The summed E-state index contributed by atoms with van der Waals surface area (Å²) in [7, 11) is 1.65. The number of nitrogens with zero attached hydrogens (tertiary/aromatic N) is 2. The Labute approximate surface area is 127 Å². The topological polar surface area (TPSA) is 54.5 Å². The van der Waals surface area contributed by atoms with Crippen molar-refractivity contribution in [3.05, 3.63) is 30.1 Å². The summed E-state index contributed by atoms with van der Waals surface area (Å²) in [6.07, 6.45) is 5.42. The quantitative estimate of drug-likeness (QED) is 0.927. The largest absolute Gasteiger partial charge is 0.373 e. The van der Waals surface area contributed by atoms with Gasteiger partial charge in [-0.3, -0.25) is 4.98 Å². The Morgan fingerprint density at radius 3 is 2.68 bits per heavy atom. The normalized spacial score (nSPS) is 24.8. The molecule has 1 aromatic rings. The first-order chi connectivity index (χ1) is 10.5. The summed E-state index contributed by atoms with van der Waals surface area (Å²) >= 11 is 0. The molecule has 2 heterocycles. The molecule has 1 aliphatic carbocycles. The summed E-state index contributed by atoms with van der Waals surface area (Å²) in [5, 5.41) is 2.40. The number of hydrogen-bond donors (Lipinski definition) is 1. The molecule has 22 heavy (non-hydrogen) atoms. The zero-order valence-corrected chi connectivity index (χ0v) is 12.3. The second-order valence-electron chi connectivity index (χ2n) is 5.95. The Balaban J connectivity index is 1.71. The molecule has 5 nitrogen and oxygen atoms in total. The van der Waals surface area contributed by atoms with Crippen molar-refractivity contribution < 1.29 is 18.3 Å². The predicted molar refractivity (Wildman–Crippen MR) is 75.6 cm³/mol. The third-order valence-electron chi connectivity index (χ3n) is 4.24. The van der Waals surface area contributed by atoms with Gasteiger partial charge < -0.3 is 15.0 Å². The third-order valence-corrected chi connectivity index (χ3v) is 4.24. The third kappa shape index (κ3) is 3.04. The molecule has 2 fully saturated rings. The minimum absolute atomic E-state index is 0.112. The number of ether oxygens (including phenoxy) is 1. The van der Waals surface area contributed by atoms with Crippen LogP contribution in [0.2, 0.25) is 0 Å². The molecule has 7 heteroatoms. The van der Waals surface area contributed by atoms with E-state index in [1.54, 1.807) is 19.4 Å². The van der Waals surface area contributed by atoms with Crippen molar-refractivity contribution in [2.45, 2.75) is 30.8 Å². The number of amides is 2. The molecule has 2 amide bonds. The van der Waals surface area contributed by atoms with Gasteiger partial charge in [0.15, 0.2) is 0 Å². The number of nitrogens with one attached hydrogen (secondary N) is 1. The number of rotatable bonds is 4. The minimum Gasteiger partial charge on any atom is -0.373 e. The summed E-state index contributed by atoms with van der Waals surface area (Å²) in [5.74, 6) is -2.64. The van der Waals surface area contributed by atoms with Gasteiger partial charge in [-0.2, -0.15) is 0 Å². The van der Waals surface area contributed by atoms with E-state index < -0.39 is 24.6 Å². The molecule has 1 aliphatic heterocycles. The lowest BCUT2D eigenvalue weighted by molar-refractivity contribution is -0.0224. The molecule has 0 radical (unpaired) electrons. The smallest absolute Gasteiger partial charge is 0.318 e. The standard InChI is InChI=1S/C15H19F2N3O2/c1-20(14(21)19-12-8-22-9-15(12,16)17)13(10-2-3-10)11-4-6-18-7-5-11/h4-7,10,12-13H,2-3,8-9H2,1H3,(H,19,21)/t12-,13+/m0/s1. The SMILES string of the molecule is CN(C(=O)N[C@H]1COCC1(F)F)[C@@H](c1ccncc1)C1CC1. The number of alkyl halides is 2. The Morgan fingerprint density at radius 1 is 1.45 bits per heavy atom. The van der Waals surface area contributed by atoms with E-state index in [1.807, 2.05) is 12.1 Å². The van der Waals surface area contributed by atoms with Crippen LogP contribution in [-0.2, 0) is 4.74 Å². The average molecular weight is 311 g/mol. The Kier molecular flexibility index (Phi) is 3.99. The van der Waals surface area contributed by atoms with Gasteiger partial charge in [-0.15, -0.1) is 0 Å². The van der Waals surface area contributed by atoms with E-state index >= 15 is 0 Å². The highest BCUT2D eigenvalue weighted by molar-refractivity contribution is 5.75. The van der Waals surface area contributed by atoms with E-state index in [9.17, 15) is 13.6 Å². The van der Waals surface area contributed by atoms with Crippen molar-refractivity contribution in [1.82, 2.24) is 15.2 Å². The van der Waals surface area contributed by atoms with Gasteiger partial charge in [-0.1, -0.05) is 0 Å². The number of aromatic nitrogens is 1. The monoisotopic (exact) mass is 311 g/mol. The van der Waals surface area contributed by atoms with E-state index in [4.69, 9.17) is 4.74 Å². The van der Waals surface area contributed by atoms with Crippen molar-refractivity contribution in [2.24, 2.45) is 5.92 Å². The van der Waals surface area contributed by atoms with E-state index in [2.05, 4.69) is 10.3 Å². The van der Waals surface area contributed by atoms with E-state index in [0.717, 1.165) is 18.4 Å². The summed E-state index contributed by atoms with van der Waals surface area (Å²) in [6.45, 7) is -0.798. The van der Waals surface area contributed by atoms with Gasteiger partial charge in [0.05, 0.1) is 12.6 Å². The molecule has 2 aliphatic rings. The lowest BCUT2D eigenvalue weighted by Gasteiger charge is -2.30. The fourth-order valence-electron chi connectivity index (χ4n) is 2.84. The van der Waals surface area contributed by atoms with Gasteiger partial charge in [0.25, 0.3) is 5.92 Å². The zero-order chi connectivity index (χ0) is 15.7. The molecule has 120 valence electrons. The van der Waals surface area contributed by atoms with Crippen LogP contribution in [0.15, 0.2) is 24.5 Å². The first-order valence-electron chi connectivity index (χ1n) is 7.38. The Morgan fingerprint density at radius 2 is 2.14 bits per heavy atom. The summed E-state index contributed by atoms with van der Waals surface area (Å²) in [6, 6.07) is 1.85. The van der Waals surface area contributed by atoms with Gasteiger partial charge in [0, 0.05) is 19.4 Å². The highest BCUT2D eigenvalue weighted by Gasteiger charge is 2.47. The summed E-state index contributed by atoms with van der Waals surface area (Å²) < 4.78 is 31.9. The lowest BCUT2D eigenvalue weighted by atomic mass is 10.0. The first-order valence-corrected chi connectivity index (χ1v) is 7.38. The van der Waals surface area contributed by atoms with Crippen molar-refractivity contribution in [3.63, 3.8) is 0 Å². The maximum absolute atomic E-state index is 13.6. The predicted octanol–water partition coefficient (Wildman–Crippen LogP) is 2.21. The maximum Gasteiger partial charge on any atom is 0.318 e. The number of urea groups is 1. The van der Waals surface area contributed by atoms with Crippen molar-refractivity contribution in [2.75, 3.05) is 20.3 Å². The van der Waals surface area contributed by atoms with Crippen molar-refractivity contribution in [3.8, 4) is 0 Å². The van der Waals surface area contributed by atoms with Crippen LogP contribution in [-0.4, -0.2) is 48.1 Å². The van der Waals surface area contributed by atoms with Gasteiger partial charge in [-0.25, -0.2) is 13.6 Å². The number of halogens is 2. The number of carbonyl (C=O) groups excluding carboxylic acids is 1. The van der Waals surface area contributed by atoms with E-state index in [-0.39, 0.29) is 12.6 Å². The number of hydrogen-bond acceptors (Lipinski definition) is 3. The maximum atomic E-state index is 13.6. The van der Waals surface area contributed by atoms with Crippen LogP contribution in [0.5, 0.6) is 0 Å². The van der Waals surface area contributed by atoms with Crippen LogP contribution >= 0.6 is 0 Å². The van der Waals surface area contributed by atoms with Gasteiger partial charge in [0.1, 0.15) is 12.6 Å². The molecular formula is C15H19F2N3O2. The minimum atomic E-state index is -3.01. The van der Waals surface area contributed by atoms with Gasteiger partial charge >= 0.3 is 6.03 Å². The fraction of sp³-hybridized carbons (Fsp3) is 0.600. The van der Waals surface area contributed by atoms with Crippen LogP contribution in [0.25, 0.3) is 0 Å². The fourth-order valence-corrected chi connectivity index (χ4v) is 2.84. The Bertz CT molecular complexity index is 537. The molecule has 0 unspecified atom stereocenters. The van der Waals surface area contributed by atoms with E-state index in [0.29, 0.717) is 5.92 Å². The molecule has 0 bridgehead atoms. The van der Waals surface area contributed by atoms with E-state index in [1.165, 1.54) is 4.90 Å². The van der Waals surface area contributed by atoms with Crippen LogP contribution in [0, 0.1) is 5.92 Å². The number of pyridine rings is 1. The zero-order valence-electron chi connectivity index (χ0n) is 12.3. The molecule has 0 spiro atoms. The van der Waals surface area contributed by atoms with Crippen LogP contribution in [0.1, 0.15) is 24.4 Å². The highest BCUT2D eigenvalue weighted by Crippen LogP contribution is 2.44. The summed E-state index contributed by atoms with van der Waals surface area (Å²) in [5.41, 5.74) is 0.976. The average Bonchev–Trinajstić information content (AvgIpc) is 3.26. The molecule has 1 aromatic heterocycles.